The molecule has 9 nitrogen and oxygen atoms in total. The molecule has 0 aliphatic carbocycles. The lowest BCUT2D eigenvalue weighted by Gasteiger charge is -2.27. The number of nitrogens with two attached hydrogens (primary N) is 4. The summed E-state index contributed by atoms with van der Waals surface area (Å²) in [6, 6.07) is -0.747. The van der Waals surface area contributed by atoms with Gasteiger partial charge in [0.15, 0.2) is 0 Å². The minimum absolute atomic E-state index is 0.673. The quantitative estimate of drug-likeness (QED) is 0.475. The topological polar surface area (TPSA) is 166 Å². The molecule has 8 N–H and O–H groups in total. The highest BCUT2D eigenvalue weighted by molar-refractivity contribution is 6.60. The molecule has 10 heteroatoms. The SMILES string of the molecule is CCC[Si](OCC)(OCC)OCC.NC(N)=O.NC(N)=O. The smallest absolute Gasteiger partial charge is 0.374 e. The molecule has 0 heterocycles. The van der Waals surface area contributed by atoms with Gasteiger partial charge < -0.3 is 36.2 Å². The van der Waals surface area contributed by atoms with Crippen molar-refractivity contribution >= 4 is 20.9 Å². The van der Waals surface area contributed by atoms with E-state index in [-0.39, 0.29) is 0 Å². The Hall–Kier alpha value is -1.36. The number of carbonyl (C=O) groups is 2. The molecular formula is C11H30N4O5Si. The third-order valence-electron chi connectivity index (χ3n) is 1.65. The first-order valence-corrected chi connectivity index (χ1v) is 8.66. The van der Waals surface area contributed by atoms with E-state index in [1.807, 2.05) is 20.8 Å². The lowest BCUT2D eigenvalue weighted by Crippen LogP contribution is -2.45. The van der Waals surface area contributed by atoms with E-state index in [9.17, 15) is 0 Å². The zero-order valence-corrected chi connectivity index (χ0v) is 14.4. The van der Waals surface area contributed by atoms with Crippen LogP contribution in [0.2, 0.25) is 6.04 Å². The summed E-state index contributed by atoms with van der Waals surface area (Å²) in [6.45, 7) is 10.1. The van der Waals surface area contributed by atoms with Gasteiger partial charge in [-0.15, -0.1) is 0 Å². The molecule has 0 aromatic heterocycles. The predicted molar refractivity (Wildman–Crippen MR) is 83.3 cm³/mol. The zero-order chi connectivity index (χ0) is 17.3. The van der Waals surface area contributed by atoms with Crippen LogP contribution in [0.4, 0.5) is 9.59 Å². The number of hydrogen-bond acceptors (Lipinski definition) is 5. The largest absolute Gasteiger partial charge is 0.500 e. The summed E-state index contributed by atoms with van der Waals surface area (Å²) in [5.41, 5.74) is 17.0. The van der Waals surface area contributed by atoms with Gasteiger partial charge in [0.2, 0.25) is 0 Å². The van der Waals surface area contributed by atoms with E-state index < -0.39 is 20.9 Å². The molecule has 0 aliphatic rings. The van der Waals surface area contributed by atoms with Crippen LogP contribution in [-0.2, 0) is 13.3 Å². The van der Waals surface area contributed by atoms with Crippen LogP contribution in [0.3, 0.4) is 0 Å². The molecule has 0 radical (unpaired) electrons. The summed E-state index contributed by atoms with van der Waals surface area (Å²) in [6.07, 6.45) is 1.05. The maximum absolute atomic E-state index is 9.00. The Labute approximate surface area is 127 Å². The number of rotatable bonds is 8. The third-order valence-corrected chi connectivity index (χ3v) is 4.95. The molecule has 0 saturated carbocycles. The van der Waals surface area contributed by atoms with E-state index in [1.54, 1.807) is 0 Å². The summed E-state index contributed by atoms with van der Waals surface area (Å²) in [4.78, 5) is 18.0. The standard InChI is InChI=1S/C9H22O3Si.2CH4N2O/c1-5-9-13(10-6-2,11-7-3)12-8-4;2*2-1(3)4/h5-9H2,1-4H3;2*(H4,2,3,4). The molecule has 0 spiro atoms. The maximum atomic E-state index is 9.00. The van der Waals surface area contributed by atoms with Crippen LogP contribution in [0.25, 0.3) is 0 Å². The molecule has 128 valence electrons. The molecule has 0 unspecified atom stereocenters. The molecule has 0 aliphatic heterocycles. The van der Waals surface area contributed by atoms with Crippen LogP contribution in [0, 0.1) is 0 Å². The Morgan fingerprint density at radius 3 is 1.14 bits per heavy atom. The van der Waals surface area contributed by atoms with Gasteiger partial charge in [-0.3, -0.25) is 0 Å². The molecule has 0 fully saturated rings. The van der Waals surface area contributed by atoms with Crippen molar-refractivity contribution in [3.05, 3.63) is 0 Å². The summed E-state index contributed by atoms with van der Waals surface area (Å²) >= 11 is 0. The van der Waals surface area contributed by atoms with E-state index in [1.165, 1.54) is 0 Å². The molecule has 4 amide bonds. The van der Waals surface area contributed by atoms with Gasteiger partial charge in [0.05, 0.1) is 0 Å². The molecule has 0 aromatic carbocycles. The fourth-order valence-corrected chi connectivity index (χ4v) is 3.92. The number of hydrogen-bond donors (Lipinski definition) is 4. The van der Waals surface area contributed by atoms with Crippen LogP contribution in [-0.4, -0.2) is 40.7 Å². The fraction of sp³-hybridized carbons (Fsp3) is 0.818. The van der Waals surface area contributed by atoms with Gasteiger partial charge in [-0.1, -0.05) is 13.3 Å². The first-order chi connectivity index (χ1) is 9.71. The second-order valence-corrected chi connectivity index (χ2v) is 6.27. The summed E-state index contributed by atoms with van der Waals surface area (Å²) < 4.78 is 16.9. The molecule has 0 rings (SSSR count). The summed E-state index contributed by atoms with van der Waals surface area (Å²) in [7, 11) is -2.30. The molecule has 0 aromatic rings. The highest BCUT2D eigenvalue weighted by atomic mass is 28.4. The average molecular weight is 326 g/mol. The summed E-state index contributed by atoms with van der Waals surface area (Å²) in [5.74, 6) is 0. The van der Waals surface area contributed by atoms with E-state index in [0.29, 0.717) is 19.8 Å². The third kappa shape index (κ3) is 24.1. The minimum Gasteiger partial charge on any atom is -0.374 e. The van der Waals surface area contributed by atoms with E-state index in [2.05, 4.69) is 29.9 Å². The average Bonchev–Trinajstić information content (AvgIpc) is 2.28. The van der Waals surface area contributed by atoms with Crippen LogP contribution in [0.15, 0.2) is 0 Å². The van der Waals surface area contributed by atoms with E-state index >= 15 is 0 Å². The van der Waals surface area contributed by atoms with Gasteiger partial charge in [0, 0.05) is 25.9 Å². The second kappa shape index (κ2) is 16.7. The van der Waals surface area contributed by atoms with Crippen molar-refractivity contribution in [3.8, 4) is 0 Å². The van der Waals surface area contributed by atoms with Gasteiger partial charge in [0.1, 0.15) is 0 Å². The zero-order valence-electron chi connectivity index (χ0n) is 13.4. The first kappa shape index (κ1) is 24.6. The van der Waals surface area contributed by atoms with Gasteiger partial charge in [-0.2, -0.15) is 0 Å². The number of carbonyl (C=O) groups excluding carboxylic acids is 2. The highest BCUT2D eigenvalue weighted by Gasteiger charge is 2.38. The Bertz CT molecular complexity index is 219. The van der Waals surface area contributed by atoms with E-state index in [0.717, 1.165) is 12.5 Å². The van der Waals surface area contributed by atoms with Gasteiger partial charge in [0.25, 0.3) is 0 Å². The number of primary amides is 4. The van der Waals surface area contributed by atoms with Crippen molar-refractivity contribution < 1.29 is 22.9 Å². The van der Waals surface area contributed by atoms with Crippen molar-refractivity contribution in [3.63, 3.8) is 0 Å². The number of urea groups is 2. The van der Waals surface area contributed by atoms with Gasteiger partial charge in [-0.05, 0) is 20.8 Å². The van der Waals surface area contributed by atoms with Crippen molar-refractivity contribution in [1.82, 2.24) is 0 Å². The molecule has 0 saturated heterocycles. The van der Waals surface area contributed by atoms with Crippen molar-refractivity contribution in [2.24, 2.45) is 22.9 Å². The Kier molecular flexibility index (Phi) is 19.6. The Morgan fingerprint density at radius 1 is 0.762 bits per heavy atom. The lowest BCUT2D eigenvalue weighted by molar-refractivity contribution is 0.0711. The first-order valence-electron chi connectivity index (χ1n) is 6.72. The van der Waals surface area contributed by atoms with Crippen molar-refractivity contribution in [2.45, 2.75) is 40.2 Å². The second-order valence-electron chi connectivity index (χ2n) is 3.54. The summed E-state index contributed by atoms with van der Waals surface area (Å²) in [5, 5.41) is 0. The van der Waals surface area contributed by atoms with Crippen molar-refractivity contribution in [1.29, 1.82) is 0 Å². The van der Waals surface area contributed by atoms with Gasteiger partial charge in [-0.25, -0.2) is 9.59 Å². The lowest BCUT2D eigenvalue weighted by atomic mass is 10.6. The van der Waals surface area contributed by atoms with Crippen LogP contribution in [0.1, 0.15) is 34.1 Å². The molecule has 0 atom stereocenters. The number of amides is 4. The van der Waals surface area contributed by atoms with Crippen LogP contribution >= 0.6 is 0 Å². The molecular weight excluding hydrogens is 296 g/mol. The van der Waals surface area contributed by atoms with E-state index in [4.69, 9.17) is 22.9 Å². The predicted octanol–water partition coefficient (Wildman–Crippen LogP) is 0.492. The Balaban J connectivity index is -0.000000334. The monoisotopic (exact) mass is 326 g/mol. The van der Waals surface area contributed by atoms with Crippen LogP contribution < -0.4 is 22.9 Å². The molecule has 0 bridgehead atoms. The molecule has 21 heavy (non-hydrogen) atoms. The van der Waals surface area contributed by atoms with Crippen molar-refractivity contribution in [2.75, 3.05) is 19.8 Å². The minimum atomic E-state index is -2.30. The normalized spacial score (nSPS) is 9.71. The Morgan fingerprint density at radius 2 is 1.00 bits per heavy atom. The van der Waals surface area contributed by atoms with Crippen LogP contribution in [0.5, 0.6) is 0 Å². The van der Waals surface area contributed by atoms with Gasteiger partial charge >= 0.3 is 20.9 Å². The highest BCUT2D eigenvalue weighted by Crippen LogP contribution is 2.17. The fourth-order valence-electron chi connectivity index (χ4n) is 1.31. The maximum Gasteiger partial charge on any atom is 0.500 e.